The van der Waals surface area contributed by atoms with Crippen molar-refractivity contribution >= 4 is 5.91 Å². The number of pyridine rings is 1. The number of carbonyl (C=O) groups excluding carboxylic acids is 1. The molecule has 156 valence electrons. The minimum absolute atomic E-state index is 0.103. The minimum Gasteiger partial charge on any atom is -0.369 e. The Morgan fingerprint density at radius 3 is 2.47 bits per heavy atom. The molecule has 30 heavy (non-hydrogen) atoms. The summed E-state index contributed by atoms with van der Waals surface area (Å²) >= 11 is 0. The fraction of sp³-hybridized carbons (Fsp3) is 0.458. The molecule has 2 fully saturated rings. The number of nitriles is 1. The van der Waals surface area contributed by atoms with Crippen molar-refractivity contribution in [1.29, 1.82) is 5.26 Å². The van der Waals surface area contributed by atoms with E-state index < -0.39 is 0 Å². The third-order valence-electron chi connectivity index (χ3n) is 6.52. The third-order valence-corrected chi connectivity index (χ3v) is 6.52. The molecule has 6 heteroatoms. The summed E-state index contributed by atoms with van der Waals surface area (Å²) in [7, 11) is 0. The number of rotatable bonds is 8. The molecule has 1 aromatic carbocycles. The van der Waals surface area contributed by atoms with Gasteiger partial charge in [-0.1, -0.05) is 36.4 Å². The number of carbonyl (C=O) groups is 1. The van der Waals surface area contributed by atoms with Crippen LogP contribution in [-0.2, 0) is 17.8 Å². The Labute approximate surface area is 178 Å². The number of piperazine rings is 1. The van der Waals surface area contributed by atoms with Crippen LogP contribution in [0.25, 0.3) is 0 Å². The van der Waals surface area contributed by atoms with Crippen LogP contribution in [0, 0.1) is 17.2 Å². The minimum atomic E-state index is -0.270. The molecule has 2 heterocycles. The van der Waals surface area contributed by atoms with Crippen molar-refractivity contribution in [1.82, 2.24) is 14.8 Å². The van der Waals surface area contributed by atoms with Crippen LogP contribution in [0.2, 0.25) is 0 Å². The number of amides is 1. The lowest BCUT2D eigenvalue weighted by atomic mass is 9.91. The van der Waals surface area contributed by atoms with Crippen molar-refractivity contribution in [3.8, 4) is 6.07 Å². The van der Waals surface area contributed by atoms with E-state index in [1.807, 2.05) is 12.1 Å². The summed E-state index contributed by atoms with van der Waals surface area (Å²) in [6, 6.07) is 18.0. The molecule has 1 aliphatic heterocycles. The van der Waals surface area contributed by atoms with E-state index in [1.165, 1.54) is 5.56 Å². The monoisotopic (exact) mass is 403 g/mol. The summed E-state index contributed by atoms with van der Waals surface area (Å²) in [5.41, 5.74) is 8.37. The molecule has 1 aromatic heterocycles. The molecule has 2 N–H and O–H groups in total. The zero-order chi connectivity index (χ0) is 21.0. The number of hydrogen-bond donors (Lipinski definition) is 1. The summed E-state index contributed by atoms with van der Waals surface area (Å²) in [6.45, 7) is 5.14. The zero-order valence-electron chi connectivity index (χ0n) is 17.3. The van der Waals surface area contributed by atoms with Gasteiger partial charge in [-0.2, -0.15) is 5.26 Å². The second-order valence-corrected chi connectivity index (χ2v) is 8.61. The topological polar surface area (TPSA) is 86.3 Å². The average Bonchev–Trinajstić information content (AvgIpc) is 3.55. The van der Waals surface area contributed by atoms with Crippen LogP contribution in [0.5, 0.6) is 0 Å². The van der Waals surface area contributed by atoms with Crippen LogP contribution < -0.4 is 5.73 Å². The lowest BCUT2D eigenvalue weighted by Crippen LogP contribution is -2.52. The molecule has 1 saturated heterocycles. The van der Waals surface area contributed by atoms with Crippen LogP contribution in [0.4, 0.5) is 0 Å². The van der Waals surface area contributed by atoms with Crippen molar-refractivity contribution in [3.05, 3.63) is 65.5 Å². The van der Waals surface area contributed by atoms with Crippen molar-refractivity contribution < 1.29 is 4.79 Å². The Morgan fingerprint density at radius 1 is 1.10 bits per heavy atom. The van der Waals surface area contributed by atoms with E-state index in [0.717, 1.165) is 57.7 Å². The molecule has 0 radical (unpaired) electrons. The van der Waals surface area contributed by atoms with Crippen LogP contribution in [0.1, 0.15) is 36.2 Å². The summed E-state index contributed by atoms with van der Waals surface area (Å²) < 4.78 is 0. The lowest BCUT2D eigenvalue weighted by molar-refractivity contribution is -0.122. The molecular formula is C24H29N5O. The van der Waals surface area contributed by atoms with Gasteiger partial charge in [0.15, 0.2) is 0 Å². The number of aromatic nitrogens is 1. The molecule has 4 rings (SSSR count). The summed E-state index contributed by atoms with van der Waals surface area (Å²) in [6.07, 6.45) is 3.53. The smallest absolute Gasteiger partial charge is 0.220 e. The predicted octanol–water partition coefficient (Wildman–Crippen LogP) is 2.34. The van der Waals surface area contributed by atoms with E-state index in [-0.39, 0.29) is 17.4 Å². The number of benzene rings is 1. The highest BCUT2D eigenvalue weighted by atomic mass is 16.1. The van der Waals surface area contributed by atoms with E-state index in [0.29, 0.717) is 12.1 Å². The van der Waals surface area contributed by atoms with Crippen LogP contribution in [0.15, 0.2) is 48.5 Å². The van der Waals surface area contributed by atoms with Gasteiger partial charge in [0.25, 0.3) is 0 Å². The Hall–Kier alpha value is -2.75. The van der Waals surface area contributed by atoms with Gasteiger partial charge in [-0.25, -0.2) is 4.98 Å². The van der Waals surface area contributed by atoms with Gasteiger partial charge in [0, 0.05) is 56.3 Å². The molecule has 1 amide bonds. The van der Waals surface area contributed by atoms with E-state index >= 15 is 0 Å². The molecule has 1 aliphatic carbocycles. The van der Waals surface area contributed by atoms with E-state index in [9.17, 15) is 4.79 Å². The van der Waals surface area contributed by atoms with Gasteiger partial charge >= 0.3 is 0 Å². The highest BCUT2D eigenvalue weighted by molar-refractivity contribution is 5.77. The maximum absolute atomic E-state index is 12.2. The Bertz CT molecular complexity index is 911. The van der Waals surface area contributed by atoms with Crippen molar-refractivity contribution in [2.24, 2.45) is 11.7 Å². The number of nitrogens with two attached hydrogens (primary N) is 1. The van der Waals surface area contributed by atoms with Crippen molar-refractivity contribution in [2.45, 2.75) is 37.8 Å². The molecule has 6 nitrogen and oxygen atoms in total. The normalized spacial score (nSPS) is 19.7. The first-order valence-corrected chi connectivity index (χ1v) is 10.7. The SMILES string of the molecule is N#Cc1cccc(CC(CC2(N3CCN(Cc4ccccc4)CC3)CC2)C(N)=O)n1. The maximum atomic E-state index is 12.2. The number of primary amides is 1. The summed E-state index contributed by atoms with van der Waals surface area (Å²) in [5, 5.41) is 9.07. The largest absolute Gasteiger partial charge is 0.369 e. The summed E-state index contributed by atoms with van der Waals surface area (Å²) in [4.78, 5) is 21.6. The molecular weight excluding hydrogens is 374 g/mol. The van der Waals surface area contributed by atoms with Gasteiger partial charge in [-0.05, 0) is 37.0 Å². The van der Waals surface area contributed by atoms with Crippen LogP contribution in [-0.4, -0.2) is 52.4 Å². The van der Waals surface area contributed by atoms with Gasteiger partial charge in [0.2, 0.25) is 5.91 Å². The second-order valence-electron chi connectivity index (χ2n) is 8.61. The van der Waals surface area contributed by atoms with E-state index in [1.54, 1.807) is 6.07 Å². The average molecular weight is 404 g/mol. The van der Waals surface area contributed by atoms with Crippen molar-refractivity contribution in [2.75, 3.05) is 26.2 Å². The van der Waals surface area contributed by atoms with Gasteiger partial charge in [-0.15, -0.1) is 0 Å². The number of nitrogens with zero attached hydrogens (tertiary/aromatic N) is 4. The predicted molar refractivity (Wildman–Crippen MR) is 115 cm³/mol. The Kier molecular flexibility index (Phi) is 6.12. The first kappa shape index (κ1) is 20.5. The first-order valence-electron chi connectivity index (χ1n) is 10.7. The summed E-state index contributed by atoms with van der Waals surface area (Å²) in [5.74, 6) is -0.524. The first-order chi connectivity index (χ1) is 14.6. The molecule has 1 saturated carbocycles. The van der Waals surface area contributed by atoms with E-state index in [4.69, 9.17) is 11.0 Å². The molecule has 1 unspecified atom stereocenters. The second kappa shape index (κ2) is 8.95. The molecule has 1 atom stereocenters. The van der Waals surface area contributed by atoms with Gasteiger partial charge in [0.05, 0.1) is 0 Å². The molecule has 2 aromatic rings. The molecule has 2 aliphatic rings. The van der Waals surface area contributed by atoms with Crippen molar-refractivity contribution in [3.63, 3.8) is 0 Å². The van der Waals surface area contributed by atoms with Crippen LogP contribution >= 0.6 is 0 Å². The van der Waals surface area contributed by atoms with Gasteiger partial charge in [-0.3, -0.25) is 14.6 Å². The third kappa shape index (κ3) is 4.86. The maximum Gasteiger partial charge on any atom is 0.220 e. The molecule has 0 spiro atoms. The highest BCUT2D eigenvalue weighted by Crippen LogP contribution is 2.47. The highest BCUT2D eigenvalue weighted by Gasteiger charge is 2.50. The number of hydrogen-bond acceptors (Lipinski definition) is 5. The van der Waals surface area contributed by atoms with Crippen LogP contribution in [0.3, 0.4) is 0 Å². The molecule has 0 bridgehead atoms. The zero-order valence-corrected chi connectivity index (χ0v) is 17.3. The van der Waals surface area contributed by atoms with E-state index in [2.05, 4.69) is 51.2 Å². The Morgan fingerprint density at radius 2 is 1.83 bits per heavy atom. The Balaban J connectivity index is 1.35. The fourth-order valence-electron chi connectivity index (χ4n) is 4.66. The van der Waals surface area contributed by atoms with Gasteiger partial charge in [0.1, 0.15) is 11.8 Å². The van der Waals surface area contributed by atoms with Gasteiger partial charge < -0.3 is 5.73 Å². The fourth-order valence-corrected chi connectivity index (χ4v) is 4.66. The quantitative estimate of drug-likeness (QED) is 0.731. The lowest BCUT2D eigenvalue weighted by Gasteiger charge is -2.40. The standard InChI is InChI=1S/C24H29N5O/c25-17-22-8-4-7-21(27-22)15-20(23(26)30)16-24(9-10-24)29-13-11-28(12-14-29)18-19-5-2-1-3-6-19/h1-8,20H,9-16,18H2,(H2,26,30).